The van der Waals surface area contributed by atoms with Gasteiger partial charge in [0.15, 0.2) is 0 Å². The van der Waals surface area contributed by atoms with Gasteiger partial charge in [-0.15, -0.1) is 11.3 Å². The van der Waals surface area contributed by atoms with Gasteiger partial charge in [0.25, 0.3) is 5.91 Å². The number of amides is 1. The smallest absolute Gasteiger partial charge is 0.255 e. The lowest BCUT2D eigenvalue weighted by Crippen LogP contribution is -2.25. The lowest BCUT2D eigenvalue weighted by atomic mass is 10.2. The Morgan fingerprint density at radius 3 is 2.85 bits per heavy atom. The van der Waals surface area contributed by atoms with Crippen LogP contribution in [0.5, 0.6) is 0 Å². The maximum absolute atomic E-state index is 12.3. The molecule has 0 aliphatic heterocycles. The molecule has 3 nitrogen and oxygen atoms in total. The average Bonchev–Trinajstić information content (AvgIpc) is 3.04. The van der Waals surface area contributed by atoms with Gasteiger partial charge in [-0.25, -0.2) is 0 Å². The van der Waals surface area contributed by atoms with Crippen LogP contribution < -0.4 is 0 Å². The summed E-state index contributed by atoms with van der Waals surface area (Å²) >= 11 is 3.12. The van der Waals surface area contributed by atoms with Crippen molar-refractivity contribution in [3.8, 4) is 11.8 Å². The van der Waals surface area contributed by atoms with Crippen molar-refractivity contribution in [3.63, 3.8) is 0 Å². The van der Waals surface area contributed by atoms with Gasteiger partial charge in [0.05, 0.1) is 12.1 Å². The predicted octanol–water partition coefficient (Wildman–Crippen LogP) is 2.73. The van der Waals surface area contributed by atoms with E-state index in [1.807, 2.05) is 29.1 Å². The molecule has 0 fully saturated rings. The van der Waals surface area contributed by atoms with Crippen molar-refractivity contribution in [2.75, 3.05) is 13.7 Å². The zero-order valence-electron chi connectivity index (χ0n) is 11.3. The fourth-order valence-corrected chi connectivity index (χ4v) is 3.45. The highest BCUT2D eigenvalue weighted by molar-refractivity contribution is 7.10. The number of thiophene rings is 2. The topological polar surface area (TPSA) is 40.5 Å². The van der Waals surface area contributed by atoms with Crippen molar-refractivity contribution >= 4 is 28.6 Å². The zero-order valence-corrected chi connectivity index (χ0v) is 13.0. The molecule has 0 atom stereocenters. The number of carbonyl (C=O) groups excluding carboxylic acids is 1. The molecule has 2 aromatic heterocycles. The molecule has 1 N–H and O–H groups in total. The number of rotatable bonds is 3. The Kier molecular flexibility index (Phi) is 4.96. The Morgan fingerprint density at radius 1 is 1.40 bits per heavy atom. The Balaban J connectivity index is 2.04. The van der Waals surface area contributed by atoms with Gasteiger partial charge >= 0.3 is 0 Å². The Morgan fingerprint density at radius 2 is 2.20 bits per heavy atom. The monoisotopic (exact) mass is 305 g/mol. The fraction of sp³-hybridized carbons (Fsp3) is 0.267. The van der Waals surface area contributed by atoms with E-state index in [1.165, 1.54) is 0 Å². The van der Waals surface area contributed by atoms with Gasteiger partial charge in [-0.1, -0.05) is 11.8 Å². The maximum atomic E-state index is 12.3. The SMILES string of the molecule is Cc1cscc1C(=O)N(C)Cc1cc(C#CCO)cs1. The van der Waals surface area contributed by atoms with Crippen LogP contribution in [0.1, 0.15) is 26.4 Å². The normalized spacial score (nSPS) is 9.95. The molecule has 20 heavy (non-hydrogen) atoms. The molecule has 0 unspecified atom stereocenters. The molecule has 0 saturated heterocycles. The summed E-state index contributed by atoms with van der Waals surface area (Å²) in [6.45, 7) is 2.38. The molecule has 2 heterocycles. The predicted molar refractivity (Wildman–Crippen MR) is 83.1 cm³/mol. The largest absolute Gasteiger partial charge is 0.384 e. The van der Waals surface area contributed by atoms with Crippen molar-refractivity contribution in [1.29, 1.82) is 0 Å². The third-order valence-electron chi connectivity index (χ3n) is 2.79. The van der Waals surface area contributed by atoms with E-state index in [1.54, 1.807) is 34.6 Å². The van der Waals surface area contributed by atoms with Crippen LogP contribution in [0.25, 0.3) is 0 Å². The minimum atomic E-state index is -0.138. The van der Waals surface area contributed by atoms with E-state index in [2.05, 4.69) is 11.8 Å². The molecule has 0 bridgehead atoms. The fourth-order valence-electron chi connectivity index (χ4n) is 1.76. The van der Waals surface area contributed by atoms with E-state index in [4.69, 9.17) is 5.11 Å². The molecular weight excluding hydrogens is 290 g/mol. The third-order valence-corrected chi connectivity index (χ3v) is 4.57. The Labute approximate surface area is 126 Å². The van der Waals surface area contributed by atoms with E-state index in [-0.39, 0.29) is 12.5 Å². The van der Waals surface area contributed by atoms with E-state index in [0.717, 1.165) is 21.6 Å². The maximum Gasteiger partial charge on any atom is 0.255 e. The lowest BCUT2D eigenvalue weighted by Gasteiger charge is -2.15. The summed E-state index contributed by atoms with van der Waals surface area (Å²) in [6.07, 6.45) is 0. The van der Waals surface area contributed by atoms with Crippen molar-refractivity contribution in [2.45, 2.75) is 13.5 Å². The summed E-state index contributed by atoms with van der Waals surface area (Å²) in [5.74, 6) is 5.52. The molecular formula is C15H15NO2S2. The van der Waals surface area contributed by atoms with Crippen LogP contribution in [0.2, 0.25) is 0 Å². The molecule has 5 heteroatoms. The van der Waals surface area contributed by atoms with Crippen LogP contribution in [0.3, 0.4) is 0 Å². The summed E-state index contributed by atoms with van der Waals surface area (Å²) < 4.78 is 0. The molecule has 0 radical (unpaired) electrons. The van der Waals surface area contributed by atoms with Crippen LogP contribution in [0.15, 0.2) is 22.2 Å². The third kappa shape index (κ3) is 3.48. The summed E-state index contributed by atoms with van der Waals surface area (Å²) in [5.41, 5.74) is 2.67. The molecule has 104 valence electrons. The highest BCUT2D eigenvalue weighted by Gasteiger charge is 2.15. The first kappa shape index (κ1) is 14.8. The van der Waals surface area contributed by atoms with E-state index in [0.29, 0.717) is 6.54 Å². The second kappa shape index (κ2) is 6.71. The standard InChI is InChI=1S/C15H15NO2S2/c1-11-8-19-10-14(11)15(18)16(2)7-13-6-12(9-20-13)4-3-5-17/h6,8-10,17H,5,7H2,1-2H3. The lowest BCUT2D eigenvalue weighted by molar-refractivity contribution is 0.0786. The summed E-state index contributed by atoms with van der Waals surface area (Å²) in [4.78, 5) is 15.1. The number of hydrogen-bond donors (Lipinski definition) is 1. The Hall–Kier alpha value is -1.61. The van der Waals surface area contributed by atoms with Crippen LogP contribution in [-0.4, -0.2) is 29.6 Å². The zero-order chi connectivity index (χ0) is 14.5. The van der Waals surface area contributed by atoms with Crippen molar-refractivity contribution in [2.24, 2.45) is 0 Å². The Bertz CT molecular complexity index is 661. The highest BCUT2D eigenvalue weighted by atomic mass is 32.1. The molecule has 2 rings (SSSR count). The number of carbonyl (C=O) groups is 1. The number of aliphatic hydroxyl groups excluding tert-OH is 1. The van der Waals surface area contributed by atoms with Crippen LogP contribution >= 0.6 is 22.7 Å². The molecule has 0 aromatic carbocycles. The number of aryl methyl sites for hydroxylation is 1. The minimum Gasteiger partial charge on any atom is -0.384 e. The summed E-state index contributed by atoms with van der Waals surface area (Å²) in [7, 11) is 1.80. The first-order chi connectivity index (χ1) is 9.61. The van der Waals surface area contributed by atoms with Gasteiger partial charge in [-0.2, -0.15) is 11.3 Å². The quantitative estimate of drug-likeness (QED) is 0.886. The molecule has 2 aromatic rings. The van der Waals surface area contributed by atoms with Crippen LogP contribution in [-0.2, 0) is 6.54 Å². The second-order valence-electron chi connectivity index (χ2n) is 4.39. The summed E-state index contributed by atoms with van der Waals surface area (Å²) in [6, 6.07) is 1.96. The molecule has 0 aliphatic carbocycles. The molecule has 0 spiro atoms. The first-order valence-electron chi connectivity index (χ1n) is 6.07. The van der Waals surface area contributed by atoms with Gasteiger partial charge in [-0.05, 0) is 23.9 Å². The van der Waals surface area contributed by atoms with Crippen molar-refractivity contribution < 1.29 is 9.90 Å². The highest BCUT2D eigenvalue weighted by Crippen LogP contribution is 2.19. The number of hydrogen-bond acceptors (Lipinski definition) is 4. The van der Waals surface area contributed by atoms with E-state index < -0.39 is 0 Å². The van der Waals surface area contributed by atoms with Crippen LogP contribution in [0, 0.1) is 18.8 Å². The van der Waals surface area contributed by atoms with Crippen molar-refractivity contribution in [1.82, 2.24) is 4.90 Å². The first-order valence-corrected chi connectivity index (χ1v) is 7.89. The molecule has 1 amide bonds. The van der Waals surface area contributed by atoms with Crippen molar-refractivity contribution in [3.05, 3.63) is 43.8 Å². The second-order valence-corrected chi connectivity index (χ2v) is 6.13. The van der Waals surface area contributed by atoms with Gasteiger partial charge in [0.1, 0.15) is 6.61 Å². The summed E-state index contributed by atoms with van der Waals surface area (Å²) in [5, 5.41) is 14.5. The van der Waals surface area contributed by atoms with E-state index >= 15 is 0 Å². The van der Waals surface area contributed by atoms with Gasteiger partial charge in [0.2, 0.25) is 0 Å². The molecule has 0 saturated carbocycles. The van der Waals surface area contributed by atoms with Gasteiger partial charge < -0.3 is 10.0 Å². The minimum absolute atomic E-state index is 0.0418. The van der Waals surface area contributed by atoms with Gasteiger partial charge in [-0.3, -0.25) is 4.79 Å². The van der Waals surface area contributed by atoms with Crippen LogP contribution in [0.4, 0.5) is 0 Å². The van der Waals surface area contributed by atoms with E-state index in [9.17, 15) is 4.79 Å². The average molecular weight is 305 g/mol. The number of aliphatic hydroxyl groups is 1. The molecule has 0 aliphatic rings. The number of nitrogens with zero attached hydrogens (tertiary/aromatic N) is 1. The van der Waals surface area contributed by atoms with Gasteiger partial charge in [0, 0.05) is 28.2 Å².